The van der Waals surface area contributed by atoms with Crippen molar-refractivity contribution in [2.45, 2.75) is 31.7 Å². The van der Waals surface area contributed by atoms with Crippen molar-refractivity contribution in [3.8, 4) is 0 Å². The average Bonchev–Trinajstić information content (AvgIpc) is 2.99. The largest absolute Gasteiger partial charge is 0.323 e. The zero-order valence-electron chi connectivity index (χ0n) is 8.12. The van der Waals surface area contributed by atoms with Crippen LogP contribution in [0.5, 0.6) is 0 Å². The molecule has 1 atom stereocenters. The lowest BCUT2D eigenvalue weighted by atomic mass is 10.1. The minimum atomic E-state index is -0.303. The Kier molecular flexibility index (Phi) is 2.77. The van der Waals surface area contributed by atoms with E-state index in [1.807, 2.05) is 0 Å². The van der Waals surface area contributed by atoms with Gasteiger partial charge < -0.3 is 5.73 Å². The average molecular weight is 194 g/mol. The molecule has 3 heteroatoms. The number of pyridine rings is 1. The van der Waals surface area contributed by atoms with Crippen LogP contribution in [-0.4, -0.2) is 4.98 Å². The van der Waals surface area contributed by atoms with Crippen LogP contribution in [0.3, 0.4) is 0 Å². The number of hydrogen-bond donors (Lipinski definition) is 1. The fourth-order valence-corrected chi connectivity index (χ4v) is 1.58. The number of rotatable bonds is 4. The molecular formula is C11H15FN2. The van der Waals surface area contributed by atoms with Gasteiger partial charge in [-0.15, -0.1) is 0 Å². The second-order valence-electron chi connectivity index (χ2n) is 4.03. The predicted octanol–water partition coefficient (Wildman–Crippen LogP) is 2.41. The standard InChI is InChI=1S/C11H15FN2/c12-9-4-6-11(14-7-9)10(13)5-3-8-1-2-8/h4,6-8,10H,1-3,5,13H2. The van der Waals surface area contributed by atoms with Crippen LogP contribution in [0.15, 0.2) is 18.3 Å². The van der Waals surface area contributed by atoms with E-state index in [4.69, 9.17) is 5.73 Å². The molecule has 76 valence electrons. The summed E-state index contributed by atoms with van der Waals surface area (Å²) in [7, 11) is 0. The van der Waals surface area contributed by atoms with E-state index in [1.54, 1.807) is 6.07 Å². The third kappa shape index (κ3) is 2.51. The summed E-state index contributed by atoms with van der Waals surface area (Å²) in [4.78, 5) is 3.98. The summed E-state index contributed by atoms with van der Waals surface area (Å²) < 4.78 is 12.6. The van der Waals surface area contributed by atoms with Gasteiger partial charge in [-0.3, -0.25) is 4.98 Å². The molecule has 14 heavy (non-hydrogen) atoms. The van der Waals surface area contributed by atoms with Gasteiger partial charge in [0.1, 0.15) is 5.82 Å². The quantitative estimate of drug-likeness (QED) is 0.799. The van der Waals surface area contributed by atoms with Gasteiger partial charge >= 0.3 is 0 Å². The van der Waals surface area contributed by atoms with Crippen LogP contribution in [0.2, 0.25) is 0 Å². The van der Waals surface area contributed by atoms with Gasteiger partial charge in [-0.1, -0.05) is 12.8 Å². The van der Waals surface area contributed by atoms with Crippen molar-refractivity contribution in [3.63, 3.8) is 0 Å². The molecule has 0 amide bonds. The minimum absolute atomic E-state index is 0.0313. The summed E-state index contributed by atoms with van der Waals surface area (Å²) in [6.07, 6.45) is 6.07. The lowest BCUT2D eigenvalue weighted by Crippen LogP contribution is -2.12. The zero-order valence-corrected chi connectivity index (χ0v) is 8.12. The highest BCUT2D eigenvalue weighted by molar-refractivity contribution is 5.09. The topological polar surface area (TPSA) is 38.9 Å². The number of hydrogen-bond acceptors (Lipinski definition) is 2. The molecule has 0 radical (unpaired) electrons. The highest BCUT2D eigenvalue weighted by atomic mass is 19.1. The Bertz CT molecular complexity index is 293. The van der Waals surface area contributed by atoms with Crippen molar-refractivity contribution in [1.29, 1.82) is 0 Å². The molecule has 1 unspecified atom stereocenters. The highest BCUT2D eigenvalue weighted by Gasteiger charge is 2.22. The van der Waals surface area contributed by atoms with Gasteiger partial charge in [0.15, 0.2) is 0 Å². The van der Waals surface area contributed by atoms with Crippen LogP contribution in [0.1, 0.15) is 37.4 Å². The molecule has 2 N–H and O–H groups in total. The Morgan fingerprint density at radius 3 is 2.86 bits per heavy atom. The van der Waals surface area contributed by atoms with Crippen molar-refractivity contribution in [1.82, 2.24) is 4.98 Å². The molecule has 0 aliphatic heterocycles. The minimum Gasteiger partial charge on any atom is -0.323 e. The number of nitrogens with zero attached hydrogens (tertiary/aromatic N) is 1. The monoisotopic (exact) mass is 194 g/mol. The molecule has 1 aromatic rings. The molecule has 0 bridgehead atoms. The van der Waals surface area contributed by atoms with E-state index in [-0.39, 0.29) is 11.9 Å². The SMILES string of the molecule is NC(CCC1CC1)c1ccc(F)cn1. The van der Waals surface area contributed by atoms with E-state index in [9.17, 15) is 4.39 Å². The molecule has 1 saturated carbocycles. The van der Waals surface area contributed by atoms with Gasteiger partial charge in [-0.2, -0.15) is 0 Å². The molecule has 2 nitrogen and oxygen atoms in total. The summed E-state index contributed by atoms with van der Waals surface area (Å²) >= 11 is 0. The van der Waals surface area contributed by atoms with Gasteiger partial charge in [0.25, 0.3) is 0 Å². The summed E-state index contributed by atoms with van der Waals surface area (Å²) in [6, 6.07) is 3.06. The Labute approximate surface area is 83.3 Å². The first-order valence-corrected chi connectivity index (χ1v) is 5.13. The van der Waals surface area contributed by atoms with Crippen LogP contribution >= 0.6 is 0 Å². The Morgan fingerprint density at radius 1 is 1.50 bits per heavy atom. The molecule has 2 rings (SSSR count). The molecule has 1 heterocycles. The van der Waals surface area contributed by atoms with Crippen molar-refractivity contribution in [2.24, 2.45) is 11.7 Å². The van der Waals surface area contributed by atoms with E-state index in [0.717, 1.165) is 18.0 Å². The van der Waals surface area contributed by atoms with Crippen LogP contribution in [0.4, 0.5) is 4.39 Å². The van der Waals surface area contributed by atoms with Crippen LogP contribution < -0.4 is 5.73 Å². The zero-order chi connectivity index (χ0) is 9.97. The van der Waals surface area contributed by atoms with Gasteiger partial charge in [0.05, 0.1) is 11.9 Å². The first-order chi connectivity index (χ1) is 6.75. The number of nitrogens with two attached hydrogens (primary N) is 1. The number of halogens is 1. The summed E-state index contributed by atoms with van der Waals surface area (Å²) in [6.45, 7) is 0. The smallest absolute Gasteiger partial charge is 0.141 e. The summed E-state index contributed by atoms with van der Waals surface area (Å²) in [5.41, 5.74) is 6.73. The Balaban J connectivity index is 1.88. The second kappa shape index (κ2) is 4.05. The third-order valence-corrected chi connectivity index (χ3v) is 2.71. The van der Waals surface area contributed by atoms with Gasteiger partial charge in [0, 0.05) is 6.04 Å². The van der Waals surface area contributed by atoms with E-state index in [1.165, 1.54) is 31.5 Å². The van der Waals surface area contributed by atoms with Gasteiger partial charge in [-0.05, 0) is 30.9 Å². The molecule has 1 aliphatic carbocycles. The molecule has 0 aromatic carbocycles. The van der Waals surface area contributed by atoms with Gasteiger partial charge in [0.2, 0.25) is 0 Å². The fourth-order valence-electron chi connectivity index (χ4n) is 1.58. The maximum Gasteiger partial charge on any atom is 0.141 e. The fraction of sp³-hybridized carbons (Fsp3) is 0.545. The second-order valence-corrected chi connectivity index (χ2v) is 4.03. The molecule has 1 aromatic heterocycles. The lowest BCUT2D eigenvalue weighted by molar-refractivity contribution is 0.558. The Morgan fingerprint density at radius 2 is 2.29 bits per heavy atom. The predicted molar refractivity (Wildman–Crippen MR) is 53.1 cm³/mol. The van der Waals surface area contributed by atoms with E-state index >= 15 is 0 Å². The van der Waals surface area contributed by atoms with Crippen LogP contribution in [0.25, 0.3) is 0 Å². The van der Waals surface area contributed by atoms with Crippen molar-refractivity contribution in [3.05, 3.63) is 29.8 Å². The summed E-state index contributed by atoms with van der Waals surface area (Å²) in [5, 5.41) is 0. The summed E-state index contributed by atoms with van der Waals surface area (Å²) in [5.74, 6) is 0.588. The highest BCUT2D eigenvalue weighted by Crippen LogP contribution is 2.35. The third-order valence-electron chi connectivity index (χ3n) is 2.71. The lowest BCUT2D eigenvalue weighted by Gasteiger charge is -2.09. The first kappa shape index (κ1) is 9.59. The molecule has 1 aliphatic rings. The van der Waals surface area contributed by atoms with E-state index < -0.39 is 0 Å². The molecule has 0 saturated heterocycles. The van der Waals surface area contributed by atoms with Crippen molar-refractivity contribution >= 4 is 0 Å². The van der Waals surface area contributed by atoms with Crippen molar-refractivity contribution < 1.29 is 4.39 Å². The van der Waals surface area contributed by atoms with E-state index in [2.05, 4.69) is 4.98 Å². The molecular weight excluding hydrogens is 179 g/mol. The maximum absolute atomic E-state index is 12.6. The van der Waals surface area contributed by atoms with Crippen molar-refractivity contribution in [2.75, 3.05) is 0 Å². The van der Waals surface area contributed by atoms with Crippen LogP contribution in [-0.2, 0) is 0 Å². The van der Waals surface area contributed by atoms with Gasteiger partial charge in [-0.25, -0.2) is 4.39 Å². The Hall–Kier alpha value is -0.960. The first-order valence-electron chi connectivity index (χ1n) is 5.13. The molecule has 0 spiro atoms. The maximum atomic E-state index is 12.6. The molecule has 1 fully saturated rings. The number of aromatic nitrogens is 1. The van der Waals surface area contributed by atoms with E-state index in [0.29, 0.717) is 0 Å². The normalized spacial score (nSPS) is 18.1. The van der Waals surface area contributed by atoms with Crippen LogP contribution in [0, 0.1) is 11.7 Å².